The first-order chi connectivity index (χ1) is 10.0. The summed E-state index contributed by atoms with van der Waals surface area (Å²) in [6, 6.07) is -0.156. The molecule has 2 atom stereocenters. The normalized spacial score (nSPS) is 21.8. The number of nitrogens with zero attached hydrogens (tertiary/aromatic N) is 2. The first-order valence-corrected chi connectivity index (χ1v) is 8.21. The van der Waals surface area contributed by atoms with Crippen LogP contribution in [-0.4, -0.2) is 39.2 Å². The number of amides is 1. The van der Waals surface area contributed by atoms with Gasteiger partial charge in [-0.3, -0.25) is 9.59 Å². The molecule has 1 aromatic heterocycles. The van der Waals surface area contributed by atoms with Crippen LogP contribution in [0.15, 0.2) is 11.4 Å². The third-order valence-corrected chi connectivity index (χ3v) is 4.32. The predicted octanol–water partition coefficient (Wildman–Crippen LogP) is 2.23. The van der Waals surface area contributed by atoms with Gasteiger partial charge in [-0.25, -0.2) is 9.97 Å². The maximum absolute atomic E-state index is 12.2. The van der Waals surface area contributed by atoms with Gasteiger partial charge in [0.05, 0.1) is 17.1 Å². The molecule has 0 aromatic carbocycles. The first kappa shape index (κ1) is 16.0. The Hall–Kier alpha value is -1.34. The minimum Gasteiger partial charge on any atom is -0.481 e. The highest BCUT2D eigenvalue weighted by atomic mass is 35.5. The van der Waals surface area contributed by atoms with E-state index >= 15 is 0 Å². The zero-order chi connectivity index (χ0) is 15.4. The van der Waals surface area contributed by atoms with Gasteiger partial charge in [-0.2, -0.15) is 0 Å². The van der Waals surface area contributed by atoms with E-state index < -0.39 is 11.9 Å². The average molecular weight is 330 g/mol. The number of aliphatic carboxylic acids is 1. The third kappa shape index (κ3) is 4.07. The van der Waals surface area contributed by atoms with E-state index in [1.54, 1.807) is 0 Å². The fourth-order valence-electron chi connectivity index (χ4n) is 2.41. The van der Waals surface area contributed by atoms with E-state index in [0.29, 0.717) is 18.0 Å². The summed E-state index contributed by atoms with van der Waals surface area (Å²) in [5.41, 5.74) is 0.133. The maximum Gasteiger partial charge on any atom is 0.306 e. The van der Waals surface area contributed by atoms with Crippen LogP contribution in [0.1, 0.15) is 36.2 Å². The second-order valence-electron chi connectivity index (χ2n) is 4.93. The highest BCUT2D eigenvalue weighted by molar-refractivity contribution is 7.98. The van der Waals surface area contributed by atoms with Gasteiger partial charge in [-0.05, 0) is 25.5 Å². The number of carboxylic acids is 1. The monoisotopic (exact) mass is 329 g/mol. The predicted molar refractivity (Wildman–Crippen MR) is 79.7 cm³/mol. The Morgan fingerprint density at radius 2 is 2.24 bits per heavy atom. The van der Waals surface area contributed by atoms with Crippen molar-refractivity contribution in [3.8, 4) is 0 Å². The zero-order valence-corrected chi connectivity index (χ0v) is 13.1. The fraction of sp³-hybridized carbons (Fsp3) is 0.538. The van der Waals surface area contributed by atoms with E-state index in [1.807, 2.05) is 6.26 Å². The van der Waals surface area contributed by atoms with Gasteiger partial charge in [0.1, 0.15) is 0 Å². The van der Waals surface area contributed by atoms with E-state index in [2.05, 4.69) is 15.3 Å². The molecule has 6 nitrogen and oxygen atoms in total. The van der Waals surface area contributed by atoms with E-state index in [0.717, 1.165) is 12.8 Å². The number of carbonyl (C=O) groups excluding carboxylic acids is 1. The molecular formula is C13H16ClN3O3S. The summed E-state index contributed by atoms with van der Waals surface area (Å²) in [6.45, 7) is 0. The number of carbonyl (C=O) groups is 2. The van der Waals surface area contributed by atoms with Crippen LogP contribution in [0.25, 0.3) is 0 Å². The summed E-state index contributed by atoms with van der Waals surface area (Å²) in [5.74, 6) is -1.58. The minimum atomic E-state index is -0.807. The summed E-state index contributed by atoms with van der Waals surface area (Å²) >= 11 is 7.28. The van der Waals surface area contributed by atoms with Crippen molar-refractivity contribution >= 4 is 35.2 Å². The molecule has 2 N–H and O–H groups in total. The molecule has 1 aliphatic rings. The van der Waals surface area contributed by atoms with Gasteiger partial charge in [-0.1, -0.05) is 29.8 Å². The van der Waals surface area contributed by atoms with Gasteiger partial charge >= 0.3 is 5.97 Å². The van der Waals surface area contributed by atoms with Crippen molar-refractivity contribution in [1.29, 1.82) is 0 Å². The second-order valence-corrected chi connectivity index (χ2v) is 6.11. The van der Waals surface area contributed by atoms with Crippen LogP contribution in [0.4, 0.5) is 0 Å². The lowest BCUT2D eigenvalue weighted by molar-refractivity contribution is -0.143. The fourth-order valence-corrected chi connectivity index (χ4v) is 2.93. The number of hydrogen-bond acceptors (Lipinski definition) is 5. The molecule has 1 aromatic rings. The lowest BCUT2D eigenvalue weighted by Gasteiger charge is -2.27. The van der Waals surface area contributed by atoms with Crippen molar-refractivity contribution in [2.75, 3.05) is 6.26 Å². The molecule has 1 aliphatic carbocycles. The molecule has 1 saturated carbocycles. The first-order valence-electron chi connectivity index (χ1n) is 6.61. The molecule has 1 heterocycles. The lowest BCUT2D eigenvalue weighted by atomic mass is 9.86. The van der Waals surface area contributed by atoms with E-state index in [9.17, 15) is 9.59 Å². The molecule has 0 saturated heterocycles. The van der Waals surface area contributed by atoms with E-state index in [4.69, 9.17) is 16.7 Å². The third-order valence-electron chi connectivity index (χ3n) is 3.48. The number of carboxylic acid groups (broad SMARTS) is 1. The number of nitrogens with one attached hydrogen (secondary N) is 1. The van der Waals surface area contributed by atoms with Crippen LogP contribution in [0.5, 0.6) is 0 Å². The van der Waals surface area contributed by atoms with Gasteiger partial charge in [0, 0.05) is 6.04 Å². The van der Waals surface area contributed by atoms with Crippen molar-refractivity contribution in [2.24, 2.45) is 5.92 Å². The molecule has 8 heteroatoms. The summed E-state index contributed by atoms with van der Waals surface area (Å²) in [4.78, 5) is 31.4. The highest BCUT2D eigenvalue weighted by Crippen LogP contribution is 2.25. The molecular weight excluding hydrogens is 314 g/mol. The van der Waals surface area contributed by atoms with E-state index in [1.165, 1.54) is 18.0 Å². The van der Waals surface area contributed by atoms with Crippen molar-refractivity contribution in [3.63, 3.8) is 0 Å². The van der Waals surface area contributed by atoms with Crippen molar-refractivity contribution < 1.29 is 14.7 Å². The Morgan fingerprint density at radius 1 is 1.48 bits per heavy atom. The SMILES string of the molecule is CSc1ncc(Cl)c(C(=O)NC2CCCC(C(=O)O)C2)n1. The van der Waals surface area contributed by atoms with Crippen molar-refractivity contribution in [3.05, 3.63) is 16.9 Å². The van der Waals surface area contributed by atoms with Gasteiger partial charge < -0.3 is 10.4 Å². The standard InChI is InChI=1S/C13H16ClN3O3S/c1-21-13-15-6-9(14)10(17-13)11(18)16-8-4-2-3-7(5-8)12(19)20/h6-8H,2-5H2,1H3,(H,16,18)(H,19,20). The Morgan fingerprint density at radius 3 is 2.90 bits per heavy atom. The van der Waals surface area contributed by atoms with Crippen molar-refractivity contribution in [2.45, 2.75) is 36.9 Å². The van der Waals surface area contributed by atoms with Crippen molar-refractivity contribution in [1.82, 2.24) is 15.3 Å². The van der Waals surface area contributed by atoms with Gasteiger partial charge in [0.2, 0.25) is 0 Å². The molecule has 0 radical (unpaired) electrons. The minimum absolute atomic E-state index is 0.133. The van der Waals surface area contributed by atoms with Crippen LogP contribution in [0.3, 0.4) is 0 Å². The van der Waals surface area contributed by atoms with Gasteiger partial charge in [0.25, 0.3) is 5.91 Å². The Balaban J connectivity index is 2.05. The van der Waals surface area contributed by atoms with Gasteiger partial charge in [-0.15, -0.1) is 0 Å². The summed E-state index contributed by atoms with van der Waals surface area (Å²) in [6.07, 6.45) is 5.87. The number of thioether (sulfide) groups is 1. The highest BCUT2D eigenvalue weighted by Gasteiger charge is 2.28. The molecule has 114 valence electrons. The Bertz CT molecular complexity index is 555. The Kier molecular flexibility index (Phi) is 5.41. The van der Waals surface area contributed by atoms with Crippen LogP contribution >= 0.6 is 23.4 Å². The molecule has 0 bridgehead atoms. The number of halogens is 1. The van der Waals surface area contributed by atoms with Crippen LogP contribution in [0, 0.1) is 5.92 Å². The second kappa shape index (κ2) is 7.09. The van der Waals surface area contributed by atoms with Crippen LogP contribution in [-0.2, 0) is 4.79 Å². The largest absolute Gasteiger partial charge is 0.481 e. The summed E-state index contributed by atoms with van der Waals surface area (Å²) in [5, 5.41) is 12.5. The maximum atomic E-state index is 12.2. The zero-order valence-electron chi connectivity index (χ0n) is 11.5. The topological polar surface area (TPSA) is 92.2 Å². The summed E-state index contributed by atoms with van der Waals surface area (Å²) < 4.78 is 0. The number of rotatable bonds is 4. The van der Waals surface area contributed by atoms with Crippen LogP contribution < -0.4 is 5.32 Å². The van der Waals surface area contributed by atoms with Crippen LogP contribution in [0.2, 0.25) is 5.02 Å². The number of hydrogen-bond donors (Lipinski definition) is 2. The molecule has 1 amide bonds. The molecule has 0 spiro atoms. The number of aromatic nitrogens is 2. The average Bonchev–Trinajstić information content (AvgIpc) is 2.48. The van der Waals surface area contributed by atoms with E-state index in [-0.39, 0.29) is 22.7 Å². The quantitative estimate of drug-likeness (QED) is 0.650. The molecule has 21 heavy (non-hydrogen) atoms. The lowest BCUT2D eigenvalue weighted by Crippen LogP contribution is -2.40. The molecule has 2 unspecified atom stereocenters. The molecule has 0 aliphatic heterocycles. The summed E-state index contributed by atoms with van der Waals surface area (Å²) in [7, 11) is 0. The smallest absolute Gasteiger partial charge is 0.306 e. The van der Waals surface area contributed by atoms with Gasteiger partial charge in [0.15, 0.2) is 10.9 Å². The molecule has 2 rings (SSSR count). The molecule has 1 fully saturated rings. The Labute approximate surface area is 131 Å².